The zero-order valence-corrected chi connectivity index (χ0v) is 16.7. The van der Waals surface area contributed by atoms with Crippen LogP contribution in [0.15, 0.2) is 47.3 Å². The molecule has 5 rings (SSSR count). The van der Waals surface area contributed by atoms with Gasteiger partial charge < -0.3 is 9.80 Å². The minimum absolute atomic E-state index is 0.0211. The number of piperazine rings is 1. The second-order valence-corrected chi connectivity index (χ2v) is 7.90. The molecule has 0 N–H and O–H groups in total. The van der Waals surface area contributed by atoms with Gasteiger partial charge in [0.15, 0.2) is 0 Å². The number of halogens is 1. The minimum Gasteiger partial charge on any atom is -0.366 e. The van der Waals surface area contributed by atoms with Crippen LogP contribution in [0.1, 0.15) is 29.0 Å². The average molecular weight is 406 g/mol. The zero-order chi connectivity index (χ0) is 20.7. The van der Waals surface area contributed by atoms with E-state index in [1.807, 2.05) is 11.0 Å². The summed E-state index contributed by atoms with van der Waals surface area (Å²) in [6, 6.07) is 11.9. The van der Waals surface area contributed by atoms with Crippen LogP contribution in [0.4, 0.5) is 10.1 Å². The number of aromatic nitrogens is 2. The number of fused-ring (bicyclic) bond motifs is 2. The predicted molar refractivity (Wildman–Crippen MR) is 113 cm³/mol. The molecule has 3 heterocycles. The first-order valence-electron chi connectivity index (χ1n) is 10.4. The molecule has 0 unspecified atom stereocenters. The van der Waals surface area contributed by atoms with Crippen LogP contribution in [0.2, 0.25) is 0 Å². The van der Waals surface area contributed by atoms with Crippen LogP contribution in [-0.4, -0.2) is 46.5 Å². The monoisotopic (exact) mass is 406 g/mol. The van der Waals surface area contributed by atoms with Gasteiger partial charge in [-0.2, -0.15) is 0 Å². The molecular weight excluding hydrogens is 383 g/mol. The van der Waals surface area contributed by atoms with Crippen LogP contribution in [0.25, 0.3) is 10.9 Å². The summed E-state index contributed by atoms with van der Waals surface area (Å²) >= 11 is 0. The Morgan fingerprint density at radius 2 is 1.77 bits per heavy atom. The zero-order valence-electron chi connectivity index (χ0n) is 16.7. The highest BCUT2D eigenvalue weighted by Crippen LogP contribution is 2.22. The van der Waals surface area contributed by atoms with E-state index >= 15 is 0 Å². The summed E-state index contributed by atoms with van der Waals surface area (Å²) in [5, 5.41) is 0.557. The Hall–Kier alpha value is -3.22. The van der Waals surface area contributed by atoms with Gasteiger partial charge in [-0.1, -0.05) is 12.1 Å². The highest BCUT2D eigenvalue weighted by Gasteiger charge is 2.24. The van der Waals surface area contributed by atoms with Crippen LogP contribution in [0.5, 0.6) is 0 Å². The maximum absolute atomic E-state index is 14.0. The molecule has 0 atom stereocenters. The maximum Gasteiger partial charge on any atom is 0.261 e. The van der Waals surface area contributed by atoms with Crippen LogP contribution >= 0.6 is 0 Å². The molecule has 2 aromatic carbocycles. The van der Waals surface area contributed by atoms with Crippen molar-refractivity contribution < 1.29 is 9.18 Å². The lowest BCUT2D eigenvalue weighted by molar-refractivity contribution is 0.0747. The summed E-state index contributed by atoms with van der Waals surface area (Å²) in [4.78, 5) is 34.2. The lowest BCUT2D eigenvalue weighted by Crippen LogP contribution is -2.49. The van der Waals surface area contributed by atoms with Crippen molar-refractivity contribution in [2.45, 2.75) is 25.8 Å². The van der Waals surface area contributed by atoms with Gasteiger partial charge in [-0.25, -0.2) is 9.37 Å². The number of carbonyl (C=O) groups excluding carboxylic acids is 1. The number of anilines is 1. The molecule has 1 fully saturated rings. The molecule has 0 spiro atoms. The number of benzene rings is 2. The Bertz CT molecular complexity index is 1180. The van der Waals surface area contributed by atoms with Gasteiger partial charge in [0.25, 0.3) is 11.5 Å². The van der Waals surface area contributed by atoms with Crippen LogP contribution < -0.4 is 10.5 Å². The number of nitrogens with zero attached hydrogens (tertiary/aromatic N) is 4. The molecule has 0 radical (unpaired) electrons. The lowest BCUT2D eigenvalue weighted by atomic mass is 10.1. The quantitative estimate of drug-likeness (QED) is 0.657. The van der Waals surface area contributed by atoms with E-state index in [9.17, 15) is 14.0 Å². The summed E-state index contributed by atoms with van der Waals surface area (Å²) in [6.45, 7) is 2.90. The number of para-hydroxylation sites is 1. The number of hydrogen-bond donors (Lipinski definition) is 0. The van der Waals surface area contributed by atoms with E-state index < -0.39 is 0 Å². The van der Waals surface area contributed by atoms with E-state index in [2.05, 4.69) is 4.98 Å². The van der Waals surface area contributed by atoms with Crippen molar-refractivity contribution in [1.82, 2.24) is 14.5 Å². The number of amides is 1. The van der Waals surface area contributed by atoms with Gasteiger partial charge in [0.1, 0.15) is 11.6 Å². The second-order valence-electron chi connectivity index (χ2n) is 7.90. The maximum atomic E-state index is 14.0. The van der Waals surface area contributed by atoms with Gasteiger partial charge in [0.2, 0.25) is 0 Å². The van der Waals surface area contributed by atoms with E-state index in [1.54, 1.807) is 39.8 Å². The van der Waals surface area contributed by atoms with Crippen LogP contribution in [0.3, 0.4) is 0 Å². The summed E-state index contributed by atoms with van der Waals surface area (Å²) in [5.74, 6) is 0.485. The summed E-state index contributed by atoms with van der Waals surface area (Å²) in [7, 11) is 0. The first kappa shape index (κ1) is 18.8. The topological polar surface area (TPSA) is 58.4 Å². The average Bonchev–Trinajstić information content (AvgIpc) is 2.79. The molecule has 3 aromatic rings. The van der Waals surface area contributed by atoms with Crippen LogP contribution in [0, 0.1) is 5.82 Å². The van der Waals surface area contributed by atoms with Gasteiger partial charge in [-0.05, 0) is 43.2 Å². The number of rotatable bonds is 2. The Morgan fingerprint density at radius 3 is 2.57 bits per heavy atom. The summed E-state index contributed by atoms with van der Waals surface area (Å²) in [5.41, 5.74) is 1.68. The molecule has 30 heavy (non-hydrogen) atoms. The van der Waals surface area contributed by atoms with Crippen molar-refractivity contribution in [3.8, 4) is 0 Å². The van der Waals surface area contributed by atoms with Crippen molar-refractivity contribution in [2.75, 3.05) is 31.1 Å². The summed E-state index contributed by atoms with van der Waals surface area (Å²) < 4.78 is 15.8. The minimum atomic E-state index is -0.243. The van der Waals surface area contributed by atoms with E-state index in [0.29, 0.717) is 54.9 Å². The van der Waals surface area contributed by atoms with Crippen molar-refractivity contribution in [2.24, 2.45) is 0 Å². The molecule has 1 aromatic heterocycles. The molecule has 2 aliphatic heterocycles. The standard InChI is InChI=1S/C23H23FN4O2/c24-18-5-1-2-6-20(18)26-11-13-27(14-12-26)22(29)16-8-9-17-19(15-16)25-21-7-3-4-10-28(21)23(17)30/h1-2,5-6,8-9,15H,3-4,7,10-14H2. The van der Waals surface area contributed by atoms with Gasteiger partial charge in [-0.15, -0.1) is 0 Å². The molecular formula is C23H23FN4O2. The molecule has 6 nitrogen and oxygen atoms in total. The second kappa shape index (κ2) is 7.55. The van der Waals surface area contributed by atoms with E-state index in [0.717, 1.165) is 25.1 Å². The normalized spacial score (nSPS) is 16.6. The van der Waals surface area contributed by atoms with Crippen molar-refractivity contribution in [3.05, 3.63) is 70.0 Å². The Kier molecular flexibility index (Phi) is 4.73. The third-order valence-electron chi connectivity index (χ3n) is 6.07. The molecule has 1 amide bonds. The van der Waals surface area contributed by atoms with Crippen molar-refractivity contribution in [3.63, 3.8) is 0 Å². The first-order valence-corrected chi connectivity index (χ1v) is 10.4. The van der Waals surface area contributed by atoms with E-state index in [1.165, 1.54) is 6.07 Å². The number of aryl methyl sites for hydroxylation is 1. The molecule has 7 heteroatoms. The van der Waals surface area contributed by atoms with Crippen LogP contribution in [-0.2, 0) is 13.0 Å². The molecule has 1 saturated heterocycles. The van der Waals surface area contributed by atoms with Crippen molar-refractivity contribution >= 4 is 22.5 Å². The first-order chi connectivity index (χ1) is 14.6. The Labute approximate surface area is 173 Å². The smallest absolute Gasteiger partial charge is 0.261 e. The largest absolute Gasteiger partial charge is 0.366 e. The van der Waals surface area contributed by atoms with E-state index in [-0.39, 0.29) is 17.3 Å². The molecule has 154 valence electrons. The number of carbonyl (C=O) groups is 1. The molecule has 0 aliphatic carbocycles. The van der Waals surface area contributed by atoms with E-state index in [4.69, 9.17) is 0 Å². The van der Waals surface area contributed by atoms with Gasteiger partial charge in [-0.3, -0.25) is 14.2 Å². The predicted octanol–water partition coefficient (Wildman–Crippen LogP) is 2.83. The molecule has 0 bridgehead atoms. The third kappa shape index (κ3) is 3.24. The SMILES string of the molecule is O=C(c1ccc2c(=O)n3c(nc2c1)CCCC3)N1CCN(c2ccccc2F)CC1. The fourth-order valence-corrected chi connectivity index (χ4v) is 4.42. The highest BCUT2D eigenvalue weighted by atomic mass is 19.1. The summed E-state index contributed by atoms with van der Waals surface area (Å²) in [6.07, 6.45) is 2.82. The Morgan fingerprint density at radius 1 is 0.967 bits per heavy atom. The number of hydrogen-bond acceptors (Lipinski definition) is 4. The highest BCUT2D eigenvalue weighted by molar-refractivity contribution is 5.97. The lowest BCUT2D eigenvalue weighted by Gasteiger charge is -2.36. The van der Waals surface area contributed by atoms with Gasteiger partial charge >= 0.3 is 0 Å². The van der Waals surface area contributed by atoms with Crippen molar-refractivity contribution in [1.29, 1.82) is 0 Å². The van der Waals surface area contributed by atoms with Gasteiger partial charge in [0, 0.05) is 44.7 Å². The van der Waals surface area contributed by atoms with Gasteiger partial charge in [0.05, 0.1) is 16.6 Å². The molecule has 0 saturated carbocycles. The third-order valence-corrected chi connectivity index (χ3v) is 6.07. The fourth-order valence-electron chi connectivity index (χ4n) is 4.42. The fraction of sp³-hybridized carbons (Fsp3) is 0.348. The molecule has 2 aliphatic rings. The Balaban J connectivity index is 1.36.